The number of nitriles is 1. The van der Waals surface area contributed by atoms with Crippen molar-refractivity contribution >= 4 is 11.6 Å². The number of rotatable bonds is 5. The molecule has 1 aliphatic rings. The lowest BCUT2D eigenvalue weighted by Gasteiger charge is -2.41. The van der Waals surface area contributed by atoms with Gasteiger partial charge in [0.1, 0.15) is 23.2 Å². The number of halogens is 3. The van der Waals surface area contributed by atoms with E-state index in [0.717, 1.165) is 18.2 Å². The van der Waals surface area contributed by atoms with Crippen LogP contribution in [-0.4, -0.2) is 29.1 Å². The molecule has 0 bridgehead atoms. The highest BCUT2D eigenvalue weighted by atomic mass is 19.3. The minimum Gasteiger partial charge on any atom is -0.476 e. The Morgan fingerprint density at radius 3 is 2.73 bits per heavy atom. The first-order valence-corrected chi connectivity index (χ1v) is 6.51. The van der Waals surface area contributed by atoms with Gasteiger partial charge in [0.2, 0.25) is 0 Å². The van der Waals surface area contributed by atoms with Gasteiger partial charge >= 0.3 is 5.92 Å². The first-order valence-electron chi connectivity index (χ1n) is 6.51. The highest BCUT2D eigenvalue weighted by Gasteiger charge is 2.61. The van der Waals surface area contributed by atoms with E-state index in [1.54, 1.807) is 6.07 Å². The van der Waals surface area contributed by atoms with Gasteiger partial charge in [0, 0.05) is 6.07 Å². The molecule has 1 saturated carbocycles. The van der Waals surface area contributed by atoms with Gasteiger partial charge in [-0.3, -0.25) is 4.79 Å². The normalized spacial score (nSPS) is 16.3. The molecule has 0 unspecified atom stereocenters. The maximum absolute atomic E-state index is 14.0. The number of amides is 1. The van der Waals surface area contributed by atoms with Crippen molar-refractivity contribution in [1.82, 2.24) is 0 Å². The summed E-state index contributed by atoms with van der Waals surface area (Å²) in [6.07, 6.45) is 0.0652. The molecule has 0 saturated heterocycles. The smallest absolute Gasteiger partial charge is 0.352 e. The van der Waals surface area contributed by atoms with Crippen LogP contribution in [0.3, 0.4) is 0 Å². The molecule has 0 radical (unpaired) electrons. The number of benzene rings is 1. The molecule has 22 heavy (non-hydrogen) atoms. The van der Waals surface area contributed by atoms with Crippen molar-refractivity contribution in [2.24, 2.45) is 0 Å². The van der Waals surface area contributed by atoms with Crippen LogP contribution in [0, 0.1) is 17.1 Å². The summed E-state index contributed by atoms with van der Waals surface area (Å²) in [5.74, 6) is -6.64. The van der Waals surface area contributed by atoms with Crippen molar-refractivity contribution in [3.8, 4) is 11.8 Å². The van der Waals surface area contributed by atoms with Crippen molar-refractivity contribution in [1.29, 1.82) is 5.26 Å². The van der Waals surface area contributed by atoms with Crippen molar-refractivity contribution in [3.05, 3.63) is 24.0 Å². The molecule has 1 aromatic rings. The van der Waals surface area contributed by atoms with Crippen LogP contribution in [0.5, 0.6) is 5.75 Å². The molecule has 2 N–H and O–H groups in total. The monoisotopic (exact) mass is 314 g/mol. The average molecular weight is 314 g/mol. The van der Waals surface area contributed by atoms with Crippen LogP contribution in [0.25, 0.3) is 0 Å². The number of hydrogen-bond acceptors (Lipinski definition) is 4. The third-order valence-corrected chi connectivity index (χ3v) is 3.53. The second-order valence-electron chi connectivity index (χ2n) is 5.00. The number of nitrogens with zero attached hydrogens (tertiary/aromatic N) is 1. The van der Waals surface area contributed by atoms with Crippen molar-refractivity contribution in [2.45, 2.75) is 30.8 Å². The number of anilines is 1. The van der Waals surface area contributed by atoms with Gasteiger partial charge in [-0.1, -0.05) is 0 Å². The SMILES string of the molecule is N#CCOc1cc(F)ccc1NC(=O)C(F)(F)C1(O)CCC1. The summed E-state index contributed by atoms with van der Waals surface area (Å²) in [6, 6.07) is 4.50. The number of carbonyl (C=O) groups excluding carboxylic acids is 1. The minimum absolute atomic E-state index is 0.172. The van der Waals surface area contributed by atoms with E-state index in [2.05, 4.69) is 0 Å². The Hall–Kier alpha value is -2.27. The van der Waals surface area contributed by atoms with E-state index in [9.17, 15) is 23.1 Å². The molecule has 0 aliphatic heterocycles. The van der Waals surface area contributed by atoms with Crippen LogP contribution in [0.2, 0.25) is 0 Å². The number of alkyl halides is 2. The molecule has 5 nitrogen and oxygen atoms in total. The summed E-state index contributed by atoms with van der Waals surface area (Å²) >= 11 is 0. The maximum Gasteiger partial charge on any atom is 0.352 e. The van der Waals surface area contributed by atoms with E-state index >= 15 is 0 Å². The van der Waals surface area contributed by atoms with Crippen LogP contribution in [0.1, 0.15) is 19.3 Å². The summed E-state index contributed by atoms with van der Waals surface area (Å²) in [7, 11) is 0. The van der Waals surface area contributed by atoms with E-state index in [1.165, 1.54) is 0 Å². The Balaban J connectivity index is 2.19. The third kappa shape index (κ3) is 2.85. The average Bonchev–Trinajstić information content (AvgIpc) is 2.44. The predicted molar refractivity (Wildman–Crippen MR) is 69.9 cm³/mol. The number of ether oxygens (including phenoxy) is 1. The van der Waals surface area contributed by atoms with Crippen LogP contribution < -0.4 is 10.1 Å². The fourth-order valence-corrected chi connectivity index (χ4v) is 2.07. The number of hydrogen-bond donors (Lipinski definition) is 2. The molecule has 118 valence electrons. The van der Waals surface area contributed by atoms with Gasteiger partial charge in [-0.15, -0.1) is 0 Å². The molecule has 1 fully saturated rings. The topological polar surface area (TPSA) is 82.3 Å². The van der Waals surface area contributed by atoms with Crippen molar-refractivity contribution in [2.75, 3.05) is 11.9 Å². The van der Waals surface area contributed by atoms with Crippen LogP contribution in [-0.2, 0) is 4.79 Å². The number of nitrogens with one attached hydrogen (secondary N) is 1. The van der Waals surface area contributed by atoms with Gasteiger partial charge in [-0.05, 0) is 31.4 Å². The Labute approximate surface area is 124 Å². The molecule has 0 atom stereocenters. The van der Waals surface area contributed by atoms with Crippen LogP contribution in [0.4, 0.5) is 18.9 Å². The zero-order chi connectivity index (χ0) is 16.4. The summed E-state index contributed by atoms with van der Waals surface area (Å²) in [6.45, 7) is -0.438. The Kier molecular flexibility index (Phi) is 4.28. The zero-order valence-electron chi connectivity index (χ0n) is 11.4. The summed E-state index contributed by atoms with van der Waals surface area (Å²) in [5.41, 5.74) is -2.56. The highest BCUT2D eigenvalue weighted by Crippen LogP contribution is 2.45. The lowest BCUT2D eigenvalue weighted by molar-refractivity contribution is -0.212. The molecular weight excluding hydrogens is 301 g/mol. The second kappa shape index (κ2) is 5.85. The first-order chi connectivity index (χ1) is 10.3. The molecule has 2 rings (SSSR count). The zero-order valence-corrected chi connectivity index (χ0v) is 11.4. The third-order valence-electron chi connectivity index (χ3n) is 3.53. The number of carbonyl (C=O) groups is 1. The van der Waals surface area contributed by atoms with E-state index in [0.29, 0.717) is 6.42 Å². The fourth-order valence-electron chi connectivity index (χ4n) is 2.07. The number of aliphatic hydroxyl groups is 1. The lowest BCUT2D eigenvalue weighted by atomic mass is 9.75. The van der Waals surface area contributed by atoms with E-state index in [1.807, 2.05) is 5.32 Å². The Morgan fingerprint density at radius 2 is 2.18 bits per heavy atom. The van der Waals surface area contributed by atoms with Crippen molar-refractivity contribution < 1.29 is 27.8 Å². The molecular formula is C14H13F3N2O3. The quantitative estimate of drug-likeness (QED) is 0.873. The van der Waals surface area contributed by atoms with Gasteiger partial charge in [-0.25, -0.2) is 4.39 Å². The Bertz CT molecular complexity index is 624. The fraction of sp³-hybridized carbons (Fsp3) is 0.429. The van der Waals surface area contributed by atoms with Crippen molar-refractivity contribution in [3.63, 3.8) is 0 Å². The second-order valence-corrected chi connectivity index (χ2v) is 5.00. The highest BCUT2D eigenvalue weighted by molar-refractivity contribution is 5.98. The molecule has 0 heterocycles. The van der Waals surface area contributed by atoms with Gasteiger partial charge < -0.3 is 15.2 Å². The van der Waals surface area contributed by atoms with Gasteiger partial charge in [-0.2, -0.15) is 14.0 Å². The molecule has 1 aromatic carbocycles. The summed E-state index contributed by atoms with van der Waals surface area (Å²) in [5, 5.41) is 20.0. The van der Waals surface area contributed by atoms with Gasteiger partial charge in [0.25, 0.3) is 5.91 Å². The van der Waals surface area contributed by atoms with Gasteiger partial charge in [0.05, 0.1) is 5.69 Å². The Morgan fingerprint density at radius 1 is 1.50 bits per heavy atom. The minimum atomic E-state index is -3.98. The van der Waals surface area contributed by atoms with Gasteiger partial charge in [0.15, 0.2) is 6.61 Å². The van der Waals surface area contributed by atoms with E-state index in [-0.39, 0.29) is 24.3 Å². The molecule has 8 heteroatoms. The lowest BCUT2D eigenvalue weighted by Crippen LogP contribution is -2.59. The largest absolute Gasteiger partial charge is 0.476 e. The molecule has 1 aliphatic carbocycles. The standard InChI is InChI=1S/C14H13F3N2O3/c15-9-2-3-10(11(8-9)22-7-6-18)19-12(20)14(16,17)13(21)4-1-5-13/h2-3,8,21H,1,4-5,7H2,(H,19,20). The predicted octanol–water partition coefficient (Wildman–Crippen LogP) is 2.22. The maximum atomic E-state index is 14.0. The summed E-state index contributed by atoms with van der Waals surface area (Å²) in [4.78, 5) is 11.7. The van der Waals surface area contributed by atoms with Crippen LogP contribution >= 0.6 is 0 Å². The molecule has 1 amide bonds. The van der Waals surface area contributed by atoms with E-state index < -0.39 is 29.9 Å². The van der Waals surface area contributed by atoms with Crippen LogP contribution in [0.15, 0.2) is 18.2 Å². The molecule has 0 spiro atoms. The summed E-state index contributed by atoms with van der Waals surface area (Å²) < 4.78 is 46.0. The van der Waals surface area contributed by atoms with E-state index in [4.69, 9.17) is 10.00 Å². The first kappa shape index (κ1) is 16.1. The molecule has 0 aromatic heterocycles.